The first-order valence-corrected chi connectivity index (χ1v) is 13.2. The lowest BCUT2D eigenvalue weighted by molar-refractivity contribution is -0.115. The monoisotopic (exact) mass is 353 g/mol. The molecule has 0 saturated heterocycles. The van der Waals surface area contributed by atoms with Gasteiger partial charge in [-0.3, -0.25) is 4.79 Å². The number of benzene rings is 1. The third kappa shape index (κ3) is 6.81. The van der Waals surface area contributed by atoms with E-state index >= 15 is 0 Å². The summed E-state index contributed by atoms with van der Waals surface area (Å²) in [6.07, 6.45) is 0.304. The van der Waals surface area contributed by atoms with Gasteiger partial charge in [0, 0.05) is 20.1 Å². The Labute approximate surface area is 141 Å². The molecule has 4 nitrogen and oxygen atoms in total. The Morgan fingerprint density at radius 1 is 1.22 bits per heavy atom. The van der Waals surface area contributed by atoms with Gasteiger partial charge < -0.3 is 0 Å². The standard InChI is InChI=1S/C17H27NO3SSi/c1-6-16(19)14(2)17(15-10-8-7-9-11-15)18-22(20,21)12-13-23(3,4)5/h7-11,17-18H,2,6,12-13H2,1,3-5H3/t17-/m1/s1. The summed E-state index contributed by atoms with van der Waals surface area (Å²) in [5.74, 6) is -0.0497. The van der Waals surface area contributed by atoms with Gasteiger partial charge >= 0.3 is 0 Å². The van der Waals surface area contributed by atoms with Gasteiger partial charge in [0.25, 0.3) is 0 Å². The van der Waals surface area contributed by atoms with Crippen molar-refractivity contribution in [3.05, 3.63) is 48.0 Å². The van der Waals surface area contributed by atoms with Crippen LogP contribution in [0.2, 0.25) is 25.7 Å². The molecule has 0 aliphatic rings. The maximum atomic E-state index is 12.4. The van der Waals surface area contributed by atoms with Crippen LogP contribution in [-0.2, 0) is 14.8 Å². The molecule has 23 heavy (non-hydrogen) atoms. The minimum atomic E-state index is -3.48. The molecule has 1 aromatic rings. The quantitative estimate of drug-likeness (QED) is 0.546. The summed E-state index contributed by atoms with van der Waals surface area (Å²) in [5, 5.41) is 0. The van der Waals surface area contributed by atoms with E-state index in [4.69, 9.17) is 0 Å². The van der Waals surface area contributed by atoms with Crippen LogP contribution >= 0.6 is 0 Å². The van der Waals surface area contributed by atoms with Gasteiger partial charge in [0.2, 0.25) is 10.0 Å². The smallest absolute Gasteiger partial charge is 0.212 e. The Bertz CT molecular complexity index is 648. The normalized spacial score (nSPS) is 13.6. The Morgan fingerprint density at radius 3 is 2.26 bits per heavy atom. The molecule has 0 aromatic heterocycles. The molecule has 0 bridgehead atoms. The first-order chi connectivity index (χ1) is 10.6. The molecule has 1 atom stereocenters. The summed E-state index contributed by atoms with van der Waals surface area (Å²) < 4.78 is 27.5. The number of hydrogen-bond donors (Lipinski definition) is 1. The predicted octanol–water partition coefficient (Wildman–Crippen LogP) is 3.52. The largest absolute Gasteiger partial charge is 0.295 e. The molecule has 0 radical (unpaired) electrons. The molecular formula is C17H27NO3SSi. The second-order valence-electron chi connectivity index (χ2n) is 6.89. The average Bonchev–Trinajstić information content (AvgIpc) is 2.49. The molecular weight excluding hydrogens is 326 g/mol. The minimum absolute atomic E-state index is 0.0830. The van der Waals surface area contributed by atoms with E-state index in [1.165, 1.54) is 0 Å². The zero-order valence-corrected chi connectivity index (χ0v) is 16.2. The van der Waals surface area contributed by atoms with E-state index in [2.05, 4.69) is 30.9 Å². The topological polar surface area (TPSA) is 63.2 Å². The van der Waals surface area contributed by atoms with Gasteiger partial charge in [0.15, 0.2) is 5.78 Å². The number of rotatable bonds is 9. The van der Waals surface area contributed by atoms with Crippen molar-refractivity contribution < 1.29 is 13.2 Å². The minimum Gasteiger partial charge on any atom is -0.295 e. The predicted molar refractivity (Wildman–Crippen MR) is 98.7 cm³/mol. The molecule has 128 valence electrons. The second-order valence-corrected chi connectivity index (χ2v) is 14.4. The van der Waals surface area contributed by atoms with E-state index in [0.29, 0.717) is 12.5 Å². The van der Waals surface area contributed by atoms with E-state index in [0.717, 1.165) is 5.56 Å². The molecule has 0 amide bonds. The molecule has 0 saturated carbocycles. The number of ketones is 1. The Balaban J connectivity index is 3.02. The van der Waals surface area contributed by atoms with Crippen LogP contribution in [0.15, 0.2) is 42.5 Å². The maximum Gasteiger partial charge on any atom is 0.212 e. The number of hydrogen-bond acceptors (Lipinski definition) is 3. The van der Waals surface area contributed by atoms with Crippen molar-refractivity contribution in [3.8, 4) is 0 Å². The summed E-state index contributed by atoms with van der Waals surface area (Å²) in [7, 11) is -4.94. The molecule has 1 rings (SSSR count). The number of carbonyl (C=O) groups is 1. The molecule has 1 aromatic carbocycles. The lowest BCUT2D eigenvalue weighted by Gasteiger charge is -2.22. The third-order valence-electron chi connectivity index (χ3n) is 3.58. The Morgan fingerprint density at radius 2 is 1.78 bits per heavy atom. The fraction of sp³-hybridized carbons (Fsp3) is 0.471. The first kappa shape index (κ1) is 19.8. The van der Waals surface area contributed by atoms with Crippen molar-refractivity contribution in [2.24, 2.45) is 0 Å². The molecule has 0 unspecified atom stereocenters. The lowest BCUT2D eigenvalue weighted by Crippen LogP contribution is -2.35. The van der Waals surface area contributed by atoms with E-state index in [1.807, 2.05) is 18.2 Å². The van der Waals surface area contributed by atoms with Crippen LogP contribution in [0.5, 0.6) is 0 Å². The van der Waals surface area contributed by atoms with Crippen LogP contribution in [0.1, 0.15) is 24.9 Å². The summed E-state index contributed by atoms with van der Waals surface area (Å²) in [6.45, 7) is 12.0. The first-order valence-electron chi connectivity index (χ1n) is 7.82. The van der Waals surface area contributed by atoms with Crippen molar-refractivity contribution in [1.29, 1.82) is 0 Å². The van der Waals surface area contributed by atoms with Crippen LogP contribution in [0.25, 0.3) is 0 Å². The van der Waals surface area contributed by atoms with Gasteiger partial charge in [0.1, 0.15) is 0 Å². The SMILES string of the molecule is C=C(C(=O)CC)[C@@H](NS(=O)(=O)CC[Si](C)(C)C)c1ccccc1. The van der Waals surface area contributed by atoms with Crippen molar-refractivity contribution in [3.63, 3.8) is 0 Å². The zero-order valence-electron chi connectivity index (χ0n) is 14.4. The summed E-state index contributed by atoms with van der Waals surface area (Å²) in [4.78, 5) is 12.0. The summed E-state index contributed by atoms with van der Waals surface area (Å²) >= 11 is 0. The Kier molecular flexibility index (Phi) is 6.92. The van der Waals surface area contributed by atoms with Crippen LogP contribution in [0.4, 0.5) is 0 Å². The van der Waals surface area contributed by atoms with Crippen LogP contribution in [0.3, 0.4) is 0 Å². The van der Waals surface area contributed by atoms with E-state index < -0.39 is 24.1 Å². The van der Waals surface area contributed by atoms with E-state index in [-0.39, 0.29) is 17.1 Å². The van der Waals surface area contributed by atoms with Gasteiger partial charge in [-0.1, -0.05) is 63.5 Å². The third-order valence-corrected chi connectivity index (χ3v) is 7.03. The highest BCUT2D eigenvalue weighted by Crippen LogP contribution is 2.23. The number of nitrogens with one attached hydrogen (secondary N) is 1. The number of sulfonamides is 1. The highest BCUT2D eigenvalue weighted by atomic mass is 32.2. The van der Waals surface area contributed by atoms with Gasteiger partial charge in [-0.25, -0.2) is 13.1 Å². The van der Waals surface area contributed by atoms with E-state index in [9.17, 15) is 13.2 Å². The molecule has 0 heterocycles. The number of Topliss-reactive ketones (excluding diaryl/α,β-unsaturated/α-hetero) is 1. The average molecular weight is 354 g/mol. The van der Waals surface area contributed by atoms with Gasteiger partial charge in [0.05, 0.1) is 11.8 Å². The Hall–Kier alpha value is -1.24. The maximum absolute atomic E-state index is 12.4. The van der Waals surface area contributed by atoms with Crippen molar-refractivity contribution >= 4 is 23.9 Å². The van der Waals surface area contributed by atoms with Crippen LogP contribution in [-0.4, -0.2) is 28.0 Å². The lowest BCUT2D eigenvalue weighted by atomic mass is 9.97. The molecule has 0 aliphatic heterocycles. The highest BCUT2D eigenvalue weighted by Gasteiger charge is 2.26. The fourth-order valence-corrected chi connectivity index (χ4v) is 6.33. The molecule has 6 heteroatoms. The van der Waals surface area contributed by atoms with Crippen molar-refractivity contribution in [1.82, 2.24) is 4.72 Å². The van der Waals surface area contributed by atoms with Crippen molar-refractivity contribution in [2.45, 2.75) is 45.1 Å². The molecule has 1 N–H and O–H groups in total. The zero-order chi connectivity index (χ0) is 17.7. The molecule has 0 spiro atoms. The summed E-state index contributed by atoms with van der Waals surface area (Å²) in [5.41, 5.74) is 1.02. The molecule has 0 fully saturated rings. The van der Waals surface area contributed by atoms with E-state index in [1.54, 1.807) is 19.1 Å². The molecule has 0 aliphatic carbocycles. The highest BCUT2D eigenvalue weighted by molar-refractivity contribution is 7.89. The fourth-order valence-electron chi connectivity index (χ4n) is 2.05. The second kappa shape index (κ2) is 8.03. The summed E-state index contributed by atoms with van der Waals surface area (Å²) in [6, 6.07) is 9.09. The van der Waals surface area contributed by atoms with Gasteiger partial charge in [-0.05, 0) is 11.6 Å². The van der Waals surface area contributed by atoms with Gasteiger partial charge in [-0.2, -0.15) is 0 Å². The number of carbonyl (C=O) groups excluding carboxylic acids is 1. The van der Waals surface area contributed by atoms with Crippen LogP contribution in [0, 0.1) is 0 Å². The van der Waals surface area contributed by atoms with Crippen molar-refractivity contribution in [2.75, 3.05) is 5.75 Å². The van der Waals surface area contributed by atoms with Crippen LogP contribution < -0.4 is 4.72 Å². The van der Waals surface area contributed by atoms with Gasteiger partial charge in [-0.15, -0.1) is 0 Å².